The summed E-state index contributed by atoms with van der Waals surface area (Å²) in [6.07, 6.45) is 5.31. The molecule has 0 radical (unpaired) electrons. The van der Waals surface area contributed by atoms with Crippen LogP contribution in [-0.2, 0) is 4.79 Å². The number of halogens is 1. The van der Waals surface area contributed by atoms with Crippen LogP contribution >= 0.6 is 11.6 Å². The van der Waals surface area contributed by atoms with Gasteiger partial charge in [0.25, 0.3) is 0 Å². The normalized spacial score (nSPS) is 17.7. The molecular weight excluding hydrogens is 212 g/mol. The Morgan fingerprint density at radius 1 is 1.27 bits per heavy atom. The van der Waals surface area contributed by atoms with Crippen molar-refractivity contribution < 1.29 is 4.79 Å². The Kier molecular flexibility index (Phi) is 6.77. The van der Waals surface area contributed by atoms with Crippen molar-refractivity contribution in [1.29, 1.82) is 0 Å². The Hall–Kier alpha value is -0.280. The summed E-state index contributed by atoms with van der Waals surface area (Å²) in [5.41, 5.74) is 0. The molecule has 0 aromatic rings. The van der Waals surface area contributed by atoms with Crippen molar-refractivity contribution in [2.24, 2.45) is 0 Å². The number of nitrogens with zero attached hydrogens (tertiary/aromatic N) is 1. The minimum Gasteiger partial charge on any atom is -0.355 e. The fraction of sp³-hybridized carbons (Fsp3) is 0.909. The number of likely N-dealkylation sites (tertiary alicyclic amines) is 1. The maximum atomic E-state index is 11.3. The molecule has 1 aliphatic rings. The molecule has 1 N–H and O–H groups in total. The van der Waals surface area contributed by atoms with Crippen LogP contribution in [0.4, 0.5) is 0 Å². The first kappa shape index (κ1) is 12.8. The Bertz CT molecular complexity index is 181. The maximum Gasteiger partial charge on any atom is 0.220 e. The third-order valence-corrected chi connectivity index (χ3v) is 3.00. The van der Waals surface area contributed by atoms with E-state index in [1.54, 1.807) is 0 Å². The summed E-state index contributed by atoms with van der Waals surface area (Å²) in [5, 5.41) is 2.93. The van der Waals surface area contributed by atoms with Gasteiger partial charge in [0.15, 0.2) is 0 Å². The summed E-state index contributed by atoms with van der Waals surface area (Å²) in [4.78, 5) is 13.7. The SMILES string of the molecule is O=C(CCCCl)NCCN1CCCCC1. The number of carbonyl (C=O) groups is 1. The lowest BCUT2D eigenvalue weighted by Crippen LogP contribution is -2.37. The fourth-order valence-corrected chi connectivity index (χ4v) is 1.99. The molecule has 1 fully saturated rings. The smallest absolute Gasteiger partial charge is 0.220 e. The molecule has 88 valence electrons. The van der Waals surface area contributed by atoms with Gasteiger partial charge in [0.2, 0.25) is 5.91 Å². The molecule has 15 heavy (non-hydrogen) atoms. The molecule has 0 atom stereocenters. The van der Waals surface area contributed by atoms with Gasteiger partial charge in [-0.3, -0.25) is 4.79 Å². The van der Waals surface area contributed by atoms with Crippen LogP contribution in [-0.4, -0.2) is 42.9 Å². The van der Waals surface area contributed by atoms with Crippen LogP contribution in [0.2, 0.25) is 0 Å². The van der Waals surface area contributed by atoms with Crippen molar-refractivity contribution in [2.75, 3.05) is 32.1 Å². The van der Waals surface area contributed by atoms with E-state index < -0.39 is 0 Å². The van der Waals surface area contributed by atoms with Crippen LogP contribution < -0.4 is 5.32 Å². The second-order valence-electron chi connectivity index (χ2n) is 4.04. The van der Waals surface area contributed by atoms with E-state index in [2.05, 4.69) is 10.2 Å². The molecule has 3 nitrogen and oxygen atoms in total. The van der Waals surface area contributed by atoms with Gasteiger partial charge in [-0.25, -0.2) is 0 Å². The van der Waals surface area contributed by atoms with Crippen molar-refractivity contribution in [3.8, 4) is 0 Å². The van der Waals surface area contributed by atoms with Gasteiger partial charge >= 0.3 is 0 Å². The average Bonchev–Trinajstić information content (AvgIpc) is 2.28. The zero-order valence-electron chi connectivity index (χ0n) is 9.30. The van der Waals surface area contributed by atoms with Gasteiger partial charge in [0.05, 0.1) is 0 Å². The van der Waals surface area contributed by atoms with Crippen LogP contribution in [0.3, 0.4) is 0 Å². The molecule has 1 amide bonds. The van der Waals surface area contributed by atoms with Crippen molar-refractivity contribution in [2.45, 2.75) is 32.1 Å². The minimum atomic E-state index is 0.132. The van der Waals surface area contributed by atoms with E-state index >= 15 is 0 Å². The van der Waals surface area contributed by atoms with E-state index in [4.69, 9.17) is 11.6 Å². The lowest BCUT2D eigenvalue weighted by atomic mass is 10.1. The van der Waals surface area contributed by atoms with E-state index in [-0.39, 0.29) is 5.91 Å². The molecule has 1 aliphatic heterocycles. The topological polar surface area (TPSA) is 32.3 Å². The number of carbonyl (C=O) groups excluding carboxylic acids is 1. The van der Waals surface area contributed by atoms with Crippen LogP contribution in [0, 0.1) is 0 Å². The molecule has 0 saturated carbocycles. The number of amides is 1. The van der Waals surface area contributed by atoms with Gasteiger partial charge < -0.3 is 10.2 Å². The molecule has 0 unspecified atom stereocenters. The number of alkyl halides is 1. The molecule has 0 aromatic heterocycles. The Balaban J connectivity index is 1.97. The molecular formula is C11H21ClN2O. The molecule has 4 heteroatoms. The summed E-state index contributed by atoms with van der Waals surface area (Å²) in [5.74, 6) is 0.701. The Morgan fingerprint density at radius 3 is 2.67 bits per heavy atom. The van der Waals surface area contributed by atoms with E-state index in [9.17, 15) is 4.79 Å². The van der Waals surface area contributed by atoms with Crippen molar-refractivity contribution in [1.82, 2.24) is 10.2 Å². The first-order chi connectivity index (χ1) is 7.33. The number of hydrogen-bond donors (Lipinski definition) is 1. The number of nitrogens with one attached hydrogen (secondary N) is 1. The minimum absolute atomic E-state index is 0.132. The summed E-state index contributed by atoms with van der Waals surface area (Å²) in [6.45, 7) is 4.16. The predicted molar refractivity (Wildman–Crippen MR) is 63.3 cm³/mol. The van der Waals surface area contributed by atoms with E-state index in [0.717, 1.165) is 19.5 Å². The first-order valence-electron chi connectivity index (χ1n) is 5.88. The zero-order valence-corrected chi connectivity index (χ0v) is 10.1. The second-order valence-corrected chi connectivity index (χ2v) is 4.42. The van der Waals surface area contributed by atoms with Crippen LogP contribution in [0.1, 0.15) is 32.1 Å². The molecule has 0 bridgehead atoms. The highest BCUT2D eigenvalue weighted by Crippen LogP contribution is 2.07. The average molecular weight is 233 g/mol. The maximum absolute atomic E-state index is 11.3. The monoisotopic (exact) mass is 232 g/mol. The van der Waals surface area contributed by atoms with E-state index in [1.807, 2.05) is 0 Å². The molecule has 0 spiro atoms. The van der Waals surface area contributed by atoms with Gasteiger partial charge in [-0.15, -0.1) is 11.6 Å². The predicted octanol–water partition coefficient (Wildman–Crippen LogP) is 1.61. The van der Waals surface area contributed by atoms with Gasteiger partial charge in [-0.05, 0) is 32.4 Å². The van der Waals surface area contributed by atoms with Gasteiger partial charge in [0, 0.05) is 25.4 Å². The quantitative estimate of drug-likeness (QED) is 0.706. The third kappa shape index (κ3) is 6.00. The highest BCUT2D eigenvalue weighted by atomic mass is 35.5. The molecule has 1 heterocycles. The summed E-state index contributed by atoms with van der Waals surface area (Å²) < 4.78 is 0. The standard InChI is InChI=1S/C11H21ClN2O/c12-6-4-5-11(15)13-7-10-14-8-2-1-3-9-14/h1-10H2,(H,13,15). The summed E-state index contributed by atoms with van der Waals surface area (Å²) in [6, 6.07) is 0. The molecule has 0 aromatic carbocycles. The molecule has 0 aliphatic carbocycles. The van der Waals surface area contributed by atoms with Crippen LogP contribution in [0.25, 0.3) is 0 Å². The van der Waals surface area contributed by atoms with Gasteiger partial charge in [0.1, 0.15) is 0 Å². The van der Waals surface area contributed by atoms with Gasteiger partial charge in [-0.1, -0.05) is 6.42 Å². The van der Waals surface area contributed by atoms with Crippen LogP contribution in [0.15, 0.2) is 0 Å². The highest BCUT2D eigenvalue weighted by molar-refractivity contribution is 6.17. The first-order valence-corrected chi connectivity index (χ1v) is 6.41. The zero-order chi connectivity index (χ0) is 10.9. The highest BCUT2D eigenvalue weighted by Gasteiger charge is 2.09. The summed E-state index contributed by atoms with van der Waals surface area (Å²) in [7, 11) is 0. The molecule has 1 saturated heterocycles. The van der Waals surface area contributed by atoms with E-state index in [1.165, 1.54) is 32.4 Å². The second kappa shape index (κ2) is 7.94. The number of hydrogen-bond acceptors (Lipinski definition) is 2. The van der Waals surface area contributed by atoms with Crippen LogP contribution in [0.5, 0.6) is 0 Å². The number of rotatable bonds is 6. The summed E-state index contributed by atoms with van der Waals surface area (Å²) >= 11 is 5.51. The fourth-order valence-electron chi connectivity index (χ4n) is 1.85. The third-order valence-electron chi connectivity index (χ3n) is 2.74. The number of piperidine rings is 1. The molecule has 1 rings (SSSR count). The van der Waals surface area contributed by atoms with Gasteiger partial charge in [-0.2, -0.15) is 0 Å². The Morgan fingerprint density at radius 2 is 2.00 bits per heavy atom. The lowest BCUT2D eigenvalue weighted by molar-refractivity contribution is -0.121. The Labute approximate surface area is 97.2 Å². The largest absolute Gasteiger partial charge is 0.355 e. The van der Waals surface area contributed by atoms with Crippen molar-refractivity contribution >= 4 is 17.5 Å². The van der Waals surface area contributed by atoms with E-state index in [0.29, 0.717) is 12.3 Å². The lowest BCUT2D eigenvalue weighted by Gasteiger charge is -2.26. The van der Waals surface area contributed by atoms with Crippen molar-refractivity contribution in [3.63, 3.8) is 0 Å². The van der Waals surface area contributed by atoms with Crippen molar-refractivity contribution in [3.05, 3.63) is 0 Å².